The van der Waals surface area contributed by atoms with E-state index in [0.717, 1.165) is 6.07 Å². The first-order valence-electron chi connectivity index (χ1n) is 2.93. The Labute approximate surface area is 75.7 Å². The van der Waals surface area contributed by atoms with E-state index in [9.17, 15) is 13.6 Å². The summed E-state index contributed by atoms with van der Waals surface area (Å²) in [5.41, 5.74) is -0.503. The molecule has 1 aromatic carbocycles. The molecule has 12 heavy (non-hydrogen) atoms. The maximum absolute atomic E-state index is 12.7. The van der Waals surface area contributed by atoms with E-state index in [1.165, 1.54) is 0 Å². The number of carboxylic acid groups (broad SMARTS) is 1. The van der Waals surface area contributed by atoms with Gasteiger partial charge in [-0.05, 0) is 0 Å². The van der Waals surface area contributed by atoms with Crippen molar-refractivity contribution in [2.45, 2.75) is 0 Å². The fourth-order valence-electron chi connectivity index (χ4n) is 0.772. The molecule has 0 atom stereocenters. The molecule has 0 saturated heterocycles. The van der Waals surface area contributed by atoms with Gasteiger partial charge in [0.05, 0.1) is 0 Å². The summed E-state index contributed by atoms with van der Waals surface area (Å²) in [5.74, 6) is -3.24. The predicted molar refractivity (Wildman–Crippen MR) is 38.7 cm³/mol. The zero-order chi connectivity index (χ0) is 9.30. The molecule has 2 radical (unpaired) electrons. The minimum absolute atomic E-state index is 0.0208. The molecule has 0 saturated carbocycles. The zero-order valence-corrected chi connectivity index (χ0v) is 7.59. The van der Waals surface area contributed by atoms with Crippen molar-refractivity contribution in [3.8, 4) is 0 Å². The van der Waals surface area contributed by atoms with E-state index in [-0.39, 0.29) is 4.35 Å². The molecule has 1 rings (SSSR count). The third-order valence-corrected chi connectivity index (χ3v) is 1.99. The van der Waals surface area contributed by atoms with Gasteiger partial charge < -0.3 is 0 Å². The van der Waals surface area contributed by atoms with Crippen molar-refractivity contribution >= 4 is 27.2 Å². The number of rotatable bonds is 1. The average molecular weight is 232 g/mol. The molecule has 62 valence electrons. The Hall–Kier alpha value is -0.892. The number of carbonyl (C=O) groups is 1. The molecule has 0 bridgehead atoms. The summed E-state index contributed by atoms with van der Waals surface area (Å²) in [6, 6.07) is 1.49. The molecule has 1 N–H and O–H groups in total. The summed E-state index contributed by atoms with van der Waals surface area (Å²) < 4.78 is 25.2. The fraction of sp³-hybridized carbons (Fsp3) is 0. The third-order valence-electron chi connectivity index (χ3n) is 1.25. The molecule has 0 amide bonds. The van der Waals surface area contributed by atoms with E-state index in [1.807, 2.05) is 16.9 Å². The quantitative estimate of drug-likeness (QED) is 0.714. The Morgan fingerprint density at radius 1 is 1.42 bits per heavy atom. The topological polar surface area (TPSA) is 37.3 Å². The van der Waals surface area contributed by atoms with E-state index in [0.29, 0.717) is 6.07 Å². The van der Waals surface area contributed by atoms with Gasteiger partial charge in [0.15, 0.2) is 0 Å². The molecular weight excluding hydrogens is 229 g/mol. The van der Waals surface area contributed by atoms with Crippen molar-refractivity contribution in [3.63, 3.8) is 0 Å². The van der Waals surface area contributed by atoms with Gasteiger partial charge in [-0.3, -0.25) is 0 Å². The van der Waals surface area contributed by atoms with E-state index < -0.39 is 23.2 Å². The summed E-state index contributed by atoms with van der Waals surface area (Å²) in [4.78, 5) is 10.4. The molecule has 0 aliphatic rings. The van der Waals surface area contributed by atoms with Gasteiger partial charge in [0.25, 0.3) is 0 Å². The van der Waals surface area contributed by atoms with Crippen molar-refractivity contribution < 1.29 is 18.7 Å². The van der Waals surface area contributed by atoms with Gasteiger partial charge in [-0.25, -0.2) is 0 Å². The normalized spacial score (nSPS) is 9.92. The van der Waals surface area contributed by atoms with E-state index in [2.05, 4.69) is 0 Å². The molecule has 1 aromatic rings. The SMILES string of the molecule is O=C(O)c1c(F)cc(F)cc1[As]. The summed E-state index contributed by atoms with van der Waals surface area (Å²) >= 11 is 1.81. The second-order valence-electron chi connectivity index (χ2n) is 2.09. The first-order valence-corrected chi connectivity index (χ1v) is 3.87. The Kier molecular flexibility index (Phi) is 2.48. The Bertz CT molecular complexity index is 315. The summed E-state index contributed by atoms with van der Waals surface area (Å²) in [5, 5.41) is 8.46. The molecule has 0 aliphatic heterocycles. The van der Waals surface area contributed by atoms with Crippen LogP contribution in [-0.2, 0) is 0 Å². The standard InChI is InChI=1S/C7H3AsF2O2/c8-4-1-3(9)2-5(10)6(4)7(11)12/h1-2H,(H,11,12). The number of halogens is 2. The zero-order valence-electron chi connectivity index (χ0n) is 5.71. The van der Waals surface area contributed by atoms with Crippen molar-refractivity contribution in [1.29, 1.82) is 0 Å². The van der Waals surface area contributed by atoms with Crippen LogP contribution < -0.4 is 4.35 Å². The molecule has 0 unspecified atom stereocenters. The predicted octanol–water partition coefficient (Wildman–Crippen LogP) is 0.457. The summed E-state index contributed by atoms with van der Waals surface area (Å²) in [6.07, 6.45) is 0. The van der Waals surface area contributed by atoms with E-state index >= 15 is 0 Å². The second kappa shape index (κ2) is 3.23. The number of carboxylic acids is 1. The van der Waals surface area contributed by atoms with Gasteiger partial charge in [0.2, 0.25) is 0 Å². The van der Waals surface area contributed by atoms with Crippen LogP contribution in [0, 0.1) is 11.6 Å². The summed E-state index contributed by atoms with van der Waals surface area (Å²) in [7, 11) is 0. The Morgan fingerprint density at radius 2 is 2.00 bits per heavy atom. The van der Waals surface area contributed by atoms with Crippen LogP contribution in [-0.4, -0.2) is 27.9 Å². The number of benzene rings is 1. The van der Waals surface area contributed by atoms with Crippen molar-refractivity contribution in [2.75, 3.05) is 0 Å². The molecule has 2 nitrogen and oxygen atoms in total. The van der Waals surface area contributed by atoms with Crippen molar-refractivity contribution in [3.05, 3.63) is 29.3 Å². The van der Waals surface area contributed by atoms with E-state index in [4.69, 9.17) is 5.11 Å². The van der Waals surface area contributed by atoms with Gasteiger partial charge in [-0.2, -0.15) is 0 Å². The van der Waals surface area contributed by atoms with Crippen LogP contribution in [0.25, 0.3) is 0 Å². The first kappa shape index (κ1) is 9.20. The van der Waals surface area contributed by atoms with Crippen LogP contribution >= 0.6 is 0 Å². The van der Waals surface area contributed by atoms with Crippen LogP contribution in [0.5, 0.6) is 0 Å². The van der Waals surface area contributed by atoms with Gasteiger partial charge in [-0.15, -0.1) is 0 Å². The first-order chi connectivity index (χ1) is 5.52. The molecule has 0 heterocycles. The summed E-state index contributed by atoms with van der Waals surface area (Å²) in [6.45, 7) is 0. The molecular formula is C7H3AsF2O2. The van der Waals surface area contributed by atoms with Crippen molar-refractivity contribution in [2.24, 2.45) is 0 Å². The monoisotopic (exact) mass is 232 g/mol. The number of hydrogen-bond acceptors (Lipinski definition) is 1. The van der Waals surface area contributed by atoms with Crippen LogP contribution in [0.15, 0.2) is 12.1 Å². The third kappa shape index (κ3) is 1.64. The molecule has 0 fully saturated rings. The van der Waals surface area contributed by atoms with E-state index in [1.54, 1.807) is 0 Å². The molecule has 0 aliphatic carbocycles. The van der Waals surface area contributed by atoms with Crippen LogP contribution in [0.2, 0.25) is 0 Å². The average Bonchev–Trinajstić information content (AvgIpc) is 1.82. The fourth-order valence-corrected chi connectivity index (χ4v) is 1.46. The Balaban J connectivity index is 3.38. The Morgan fingerprint density at radius 3 is 2.42 bits per heavy atom. The van der Waals surface area contributed by atoms with Crippen molar-refractivity contribution in [1.82, 2.24) is 0 Å². The second-order valence-corrected chi connectivity index (χ2v) is 3.10. The maximum atomic E-state index is 12.7. The minimum atomic E-state index is -1.40. The van der Waals surface area contributed by atoms with Gasteiger partial charge in [0.1, 0.15) is 0 Å². The number of aromatic carboxylic acids is 1. The van der Waals surface area contributed by atoms with Gasteiger partial charge >= 0.3 is 75.2 Å². The molecule has 0 spiro atoms. The van der Waals surface area contributed by atoms with Crippen LogP contribution in [0.1, 0.15) is 10.4 Å². The molecule has 0 aromatic heterocycles. The number of hydrogen-bond donors (Lipinski definition) is 1. The van der Waals surface area contributed by atoms with Gasteiger partial charge in [-0.1, -0.05) is 0 Å². The molecule has 5 heteroatoms. The van der Waals surface area contributed by atoms with Gasteiger partial charge in [0, 0.05) is 0 Å². The van der Waals surface area contributed by atoms with Crippen LogP contribution in [0.4, 0.5) is 8.78 Å². The van der Waals surface area contributed by atoms with Crippen LogP contribution in [0.3, 0.4) is 0 Å².